The minimum atomic E-state index is -0.674. The van der Waals surface area contributed by atoms with Crippen LogP contribution in [0.1, 0.15) is 23.2 Å². The summed E-state index contributed by atoms with van der Waals surface area (Å²) in [5, 5.41) is 12.4. The number of piperidine rings is 1. The van der Waals surface area contributed by atoms with E-state index in [1.807, 2.05) is 18.2 Å². The fraction of sp³-hybridized carbons (Fsp3) is 0.167. The molecule has 206 valence electrons. The molecule has 0 saturated carbocycles. The fourth-order valence-electron chi connectivity index (χ4n) is 5.28. The van der Waals surface area contributed by atoms with Gasteiger partial charge in [-0.3, -0.25) is 9.69 Å². The van der Waals surface area contributed by atoms with Crippen LogP contribution in [0.5, 0.6) is 0 Å². The van der Waals surface area contributed by atoms with E-state index in [4.69, 9.17) is 6.57 Å². The summed E-state index contributed by atoms with van der Waals surface area (Å²) < 4.78 is 18.1. The molecule has 1 aromatic carbocycles. The van der Waals surface area contributed by atoms with Gasteiger partial charge in [0.1, 0.15) is 23.3 Å². The van der Waals surface area contributed by atoms with Gasteiger partial charge in [0.25, 0.3) is 11.7 Å². The Bertz CT molecular complexity index is 2010. The Morgan fingerprint density at radius 3 is 2.83 bits per heavy atom. The highest BCUT2D eigenvalue weighted by molar-refractivity contribution is 7.22. The molecule has 6 aromatic rings. The minimum Gasteiger partial charge on any atom is -0.361 e. The van der Waals surface area contributed by atoms with Gasteiger partial charge >= 0.3 is 0 Å². The van der Waals surface area contributed by atoms with Crippen molar-refractivity contribution in [3.63, 3.8) is 0 Å². The molecule has 1 aliphatic heterocycles. The molecule has 0 aliphatic carbocycles. The maximum atomic E-state index is 15.8. The van der Waals surface area contributed by atoms with Gasteiger partial charge in [0.05, 0.1) is 17.3 Å². The van der Waals surface area contributed by atoms with Gasteiger partial charge in [0.2, 0.25) is 0 Å². The molecule has 0 spiro atoms. The van der Waals surface area contributed by atoms with Crippen molar-refractivity contribution >= 4 is 50.1 Å². The van der Waals surface area contributed by atoms with Gasteiger partial charge < -0.3 is 10.2 Å². The Hall–Kier alpha value is -5.12. The van der Waals surface area contributed by atoms with Crippen LogP contribution in [0.2, 0.25) is 0 Å². The van der Waals surface area contributed by atoms with Crippen molar-refractivity contribution in [1.82, 2.24) is 35.3 Å². The monoisotopic (exact) mass is 575 g/mol. The number of hydrogen-bond donors (Lipinski definition) is 1. The number of aromatic nitrogens is 6. The van der Waals surface area contributed by atoms with Crippen LogP contribution in [-0.4, -0.2) is 55.0 Å². The van der Waals surface area contributed by atoms with Crippen molar-refractivity contribution in [2.45, 2.75) is 18.9 Å². The van der Waals surface area contributed by atoms with Gasteiger partial charge in [0.15, 0.2) is 5.65 Å². The van der Waals surface area contributed by atoms with Crippen LogP contribution in [0, 0.1) is 12.4 Å². The first-order valence-corrected chi connectivity index (χ1v) is 14.2. The summed E-state index contributed by atoms with van der Waals surface area (Å²) >= 11 is 1.54. The lowest BCUT2D eigenvalue weighted by atomic mass is 10.0. The molecular weight excluding hydrogens is 553 g/mol. The van der Waals surface area contributed by atoms with E-state index in [-0.39, 0.29) is 11.6 Å². The predicted molar refractivity (Wildman–Crippen MR) is 158 cm³/mol. The first kappa shape index (κ1) is 25.8. The lowest BCUT2D eigenvalue weighted by Gasteiger charge is -2.34. The zero-order valence-corrected chi connectivity index (χ0v) is 22.9. The van der Waals surface area contributed by atoms with E-state index in [2.05, 4.69) is 35.4 Å². The maximum absolute atomic E-state index is 15.8. The first-order chi connectivity index (χ1) is 20.6. The second kappa shape index (κ2) is 10.7. The third-order valence-electron chi connectivity index (χ3n) is 7.29. The highest BCUT2D eigenvalue weighted by Crippen LogP contribution is 2.39. The Balaban J connectivity index is 1.31. The number of nitrogens with zero attached hydrogens (tertiary/aromatic N) is 8. The van der Waals surface area contributed by atoms with Crippen LogP contribution in [0.3, 0.4) is 0 Å². The van der Waals surface area contributed by atoms with E-state index in [9.17, 15) is 4.79 Å². The number of anilines is 1. The summed E-state index contributed by atoms with van der Waals surface area (Å²) in [5.41, 5.74) is 2.28. The SMILES string of the molecule is [C-]#[N+]c1cc(-c2cc3c(N(C(=O)c4ccc(-n5nnc6cccnc65)cc4F)[C@@H]4CCCNC4)nccc3s2)ccn1. The predicted octanol–water partition coefficient (Wildman–Crippen LogP) is 5.58. The van der Waals surface area contributed by atoms with Crippen LogP contribution < -0.4 is 10.2 Å². The van der Waals surface area contributed by atoms with Gasteiger partial charge in [-0.2, -0.15) is 4.68 Å². The van der Waals surface area contributed by atoms with Crippen molar-refractivity contribution in [1.29, 1.82) is 0 Å². The number of benzene rings is 1. The number of pyridine rings is 3. The summed E-state index contributed by atoms with van der Waals surface area (Å²) in [5.74, 6) is -0.362. The number of nitrogens with one attached hydrogen (secondary N) is 1. The van der Waals surface area contributed by atoms with E-state index in [1.165, 1.54) is 28.2 Å². The lowest BCUT2D eigenvalue weighted by molar-refractivity contribution is 0.0968. The van der Waals surface area contributed by atoms with Crippen LogP contribution in [0.15, 0.2) is 73.2 Å². The molecule has 12 heteroatoms. The number of rotatable bonds is 5. The molecule has 5 aromatic heterocycles. The number of fused-ring (bicyclic) bond motifs is 2. The molecule has 10 nitrogen and oxygen atoms in total. The van der Waals surface area contributed by atoms with Crippen molar-refractivity contribution < 1.29 is 9.18 Å². The molecule has 1 N–H and O–H groups in total. The number of carbonyl (C=O) groups is 1. The average Bonchev–Trinajstić information content (AvgIpc) is 3.67. The molecular formula is C30H22FN9OS. The number of thiophene rings is 1. The third-order valence-corrected chi connectivity index (χ3v) is 8.44. The summed E-state index contributed by atoms with van der Waals surface area (Å²) in [6, 6.07) is 15.2. The van der Waals surface area contributed by atoms with E-state index >= 15 is 4.39 Å². The van der Waals surface area contributed by atoms with Crippen LogP contribution in [-0.2, 0) is 0 Å². The standard InChI is InChI=1S/C30H22FN9OS/c1-32-27-14-18(8-12-34-27)26-16-22-25(42-26)9-13-36-28(22)39(20-4-2-10-33-17-20)30(41)21-7-6-19(15-23(21)31)40-29-24(37-38-40)5-3-11-35-29/h3,5-9,11-16,20,33H,2,4,10,17H2/t20-/m1/s1. The maximum Gasteiger partial charge on any atom is 0.270 e. The molecule has 42 heavy (non-hydrogen) atoms. The molecule has 1 atom stereocenters. The first-order valence-electron chi connectivity index (χ1n) is 13.3. The Morgan fingerprint density at radius 2 is 2.00 bits per heavy atom. The number of amides is 1. The number of hydrogen-bond acceptors (Lipinski definition) is 8. The van der Waals surface area contributed by atoms with Gasteiger partial charge in [-0.15, -0.1) is 21.4 Å². The highest BCUT2D eigenvalue weighted by atomic mass is 32.1. The Morgan fingerprint density at radius 1 is 1.10 bits per heavy atom. The van der Waals surface area contributed by atoms with Crippen molar-refractivity contribution in [3.8, 4) is 16.1 Å². The van der Waals surface area contributed by atoms with E-state index < -0.39 is 11.7 Å². The summed E-state index contributed by atoms with van der Waals surface area (Å²) in [6.07, 6.45) is 6.54. The summed E-state index contributed by atoms with van der Waals surface area (Å²) in [4.78, 5) is 33.3. The van der Waals surface area contributed by atoms with Crippen molar-refractivity contribution in [3.05, 3.63) is 96.0 Å². The summed E-state index contributed by atoms with van der Waals surface area (Å²) in [6.45, 7) is 8.73. The Kier molecular flexibility index (Phi) is 6.58. The zero-order valence-electron chi connectivity index (χ0n) is 22.1. The average molecular weight is 576 g/mol. The molecule has 7 rings (SSSR count). The van der Waals surface area contributed by atoms with Crippen molar-refractivity contribution in [2.75, 3.05) is 18.0 Å². The molecule has 1 aliphatic rings. The molecule has 1 saturated heterocycles. The van der Waals surface area contributed by atoms with Crippen LogP contribution in [0.25, 0.3) is 42.2 Å². The van der Waals surface area contributed by atoms with Gasteiger partial charge in [-0.05, 0) is 73.5 Å². The smallest absolute Gasteiger partial charge is 0.270 e. The largest absolute Gasteiger partial charge is 0.361 e. The van der Waals surface area contributed by atoms with Crippen LogP contribution in [0.4, 0.5) is 16.0 Å². The second-order valence-electron chi connectivity index (χ2n) is 9.86. The number of halogens is 1. The molecule has 0 bridgehead atoms. The molecule has 0 unspecified atom stereocenters. The normalized spacial score (nSPS) is 15.1. The van der Waals surface area contributed by atoms with Gasteiger partial charge in [0, 0.05) is 40.0 Å². The van der Waals surface area contributed by atoms with E-state index in [1.54, 1.807) is 47.8 Å². The molecule has 0 radical (unpaired) electrons. The molecule has 1 fully saturated rings. The fourth-order valence-corrected chi connectivity index (χ4v) is 6.33. The molecule has 6 heterocycles. The quantitative estimate of drug-likeness (QED) is 0.268. The van der Waals surface area contributed by atoms with E-state index in [0.717, 1.165) is 39.9 Å². The minimum absolute atomic E-state index is 0.0632. The lowest BCUT2D eigenvalue weighted by Crippen LogP contribution is -2.49. The van der Waals surface area contributed by atoms with Crippen LogP contribution >= 0.6 is 11.3 Å². The second-order valence-corrected chi connectivity index (χ2v) is 10.9. The van der Waals surface area contributed by atoms with Gasteiger partial charge in [-0.1, -0.05) is 11.8 Å². The van der Waals surface area contributed by atoms with Crippen molar-refractivity contribution in [2.24, 2.45) is 0 Å². The van der Waals surface area contributed by atoms with Gasteiger partial charge in [-0.25, -0.2) is 14.4 Å². The third kappa shape index (κ3) is 4.54. The topological polar surface area (TPSA) is 106 Å². The summed E-state index contributed by atoms with van der Waals surface area (Å²) in [7, 11) is 0. The zero-order chi connectivity index (χ0) is 28.6. The molecule has 1 amide bonds. The van der Waals surface area contributed by atoms with E-state index in [0.29, 0.717) is 35.0 Å². The number of carbonyl (C=O) groups excluding carboxylic acids is 1. The Labute approximate surface area is 243 Å². The highest BCUT2D eigenvalue weighted by Gasteiger charge is 2.32.